The maximum atomic E-state index is 5.90. The van der Waals surface area contributed by atoms with Crippen molar-refractivity contribution in [1.82, 2.24) is 29.5 Å². The van der Waals surface area contributed by atoms with E-state index in [2.05, 4.69) is 20.3 Å². The fraction of sp³-hybridized carbons (Fsp3) is 0.125. The number of nitrogens with zero attached hydrogens (tertiary/aromatic N) is 6. The molecule has 0 bridgehead atoms. The molecule has 0 aliphatic rings. The van der Waals surface area contributed by atoms with E-state index in [1.54, 1.807) is 12.5 Å². The summed E-state index contributed by atoms with van der Waals surface area (Å²) in [5.74, 6) is 0. The fourth-order valence-corrected chi connectivity index (χ4v) is 2.63. The van der Waals surface area contributed by atoms with E-state index < -0.39 is 0 Å². The molecule has 0 saturated heterocycles. The van der Waals surface area contributed by atoms with E-state index >= 15 is 0 Å². The van der Waals surface area contributed by atoms with E-state index in [-0.39, 0.29) is 0 Å². The summed E-state index contributed by atoms with van der Waals surface area (Å²) in [6, 6.07) is 9.72. The number of fused-ring (bicyclic) bond motifs is 1. The molecule has 0 fully saturated rings. The van der Waals surface area contributed by atoms with Crippen molar-refractivity contribution in [1.29, 1.82) is 0 Å². The summed E-state index contributed by atoms with van der Waals surface area (Å²) < 4.78 is 3.85. The van der Waals surface area contributed by atoms with E-state index in [1.807, 2.05) is 52.0 Å². The second-order valence-corrected chi connectivity index (χ2v) is 5.72. The van der Waals surface area contributed by atoms with Crippen molar-refractivity contribution in [2.45, 2.75) is 13.1 Å². The Labute approximate surface area is 137 Å². The van der Waals surface area contributed by atoms with Gasteiger partial charge in [0.15, 0.2) is 0 Å². The average Bonchev–Trinajstić information content (AvgIpc) is 3.18. The number of rotatable bonds is 4. The first-order valence-corrected chi connectivity index (χ1v) is 7.54. The van der Waals surface area contributed by atoms with Gasteiger partial charge < -0.3 is 4.57 Å². The molecule has 0 aliphatic heterocycles. The maximum Gasteiger partial charge on any atom is 0.143 e. The topological polar surface area (TPSA) is 61.4 Å². The lowest BCUT2D eigenvalue weighted by atomic mass is 10.2. The Balaban J connectivity index is 1.52. The van der Waals surface area contributed by atoms with Gasteiger partial charge in [0, 0.05) is 22.8 Å². The van der Waals surface area contributed by atoms with Gasteiger partial charge in [0.05, 0.1) is 19.3 Å². The molecule has 0 saturated carbocycles. The normalized spacial score (nSPS) is 11.2. The molecular formula is C16H13ClN6. The molecule has 0 N–H and O–H groups in total. The lowest BCUT2D eigenvalue weighted by molar-refractivity contribution is 0.649. The predicted molar refractivity (Wildman–Crippen MR) is 87.2 cm³/mol. The van der Waals surface area contributed by atoms with Gasteiger partial charge in [0.2, 0.25) is 0 Å². The minimum absolute atomic E-state index is 0.626. The minimum Gasteiger partial charge on any atom is -0.326 e. The van der Waals surface area contributed by atoms with Crippen molar-refractivity contribution in [3.8, 4) is 0 Å². The highest BCUT2D eigenvalue weighted by Crippen LogP contribution is 2.13. The molecule has 1 aromatic carbocycles. The molecule has 0 aliphatic carbocycles. The Kier molecular flexibility index (Phi) is 3.51. The van der Waals surface area contributed by atoms with Gasteiger partial charge in [-0.05, 0) is 23.8 Å². The molecule has 7 heteroatoms. The van der Waals surface area contributed by atoms with Crippen LogP contribution in [0.4, 0.5) is 0 Å². The van der Waals surface area contributed by atoms with Crippen molar-refractivity contribution in [3.05, 3.63) is 71.5 Å². The summed E-state index contributed by atoms with van der Waals surface area (Å²) in [5.41, 5.74) is 2.91. The molecule has 0 amide bonds. The Morgan fingerprint density at radius 3 is 2.78 bits per heavy atom. The van der Waals surface area contributed by atoms with Gasteiger partial charge in [-0.2, -0.15) is 0 Å². The first kappa shape index (κ1) is 13.9. The summed E-state index contributed by atoms with van der Waals surface area (Å²) in [5, 5.41) is 10.2. The molecule has 0 atom stereocenters. The number of aromatic nitrogens is 6. The monoisotopic (exact) mass is 324 g/mol. The third-order valence-corrected chi connectivity index (χ3v) is 3.85. The summed E-state index contributed by atoms with van der Waals surface area (Å²) >= 11 is 5.90. The first-order valence-electron chi connectivity index (χ1n) is 7.16. The van der Waals surface area contributed by atoms with Crippen molar-refractivity contribution in [3.63, 3.8) is 0 Å². The van der Waals surface area contributed by atoms with Crippen LogP contribution in [0.25, 0.3) is 11.0 Å². The lowest BCUT2D eigenvalue weighted by Gasteiger charge is -2.01. The van der Waals surface area contributed by atoms with Gasteiger partial charge in [-0.25, -0.2) is 14.6 Å². The van der Waals surface area contributed by atoms with Crippen molar-refractivity contribution < 1.29 is 0 Å². The molecule has 0 unspecified atom stereocenters. The minimum atomic E-state index is 0.626. The highest BCUT2D eigenvalue weighted by Gasteiger charge is 2.06. The Morgan fingerprint density at radius 1 is 1.04 bits per heavy atom. The van der Waals surface area contributed by atoms with Crippen LogP contribution in [-0.2, 0) is 13.1 Å². The Bertz CT molecular complexity index is 941. The second-order valence-electron chi connectivity index (χ2n) is 5.28. The third-order valence-electron chi connectivity index (χ3n) is 3.60. The van der Waals surface area contributed by atoms with Gasteiger partial charge in [-0.3, -0.25) is 0 Å². The van der Waals surface area contributed by atoms with Gasteiger partial charge in [-0.15, -0.1) is 5.10 Å². The van der Waals surface area contributed by atoms with Gasteiger partial charge in [-0.1, -0.05) is 28.9 Å². The van der Waals surface area contributed by atoms with E-state index in [1.165, 1.54) is 0 Å². The SMILES string of the molecule is Clc1ccc(Cn2cc(Cn3ccc4cncnc43)nn2)cc1. The highest BCUT2D eigenvalue weighted by atomic mass is 35.5. The first-order chi connectivity index (χ1) is 11.3. The van der Waals surface area contributed by atoms with Crippen LogP contribution in [0.15, 0.2) is 55.2 Å². The Morgan fingerprint density at radius 2 is 1.91 bits per heavy atom. The average molecular weight is 325 g/mol. The van der Waals surface area contributed by atoms with Crippen LogP contribution in [0.3, 0.4) is 0 Å². The molecule has 0 spiro atoms. The smallest absolute Gasteiger partial charge is 0.143 e. The largest absolute Gasteiger partial charge is 0.326 e. The summed E-state index contributed by atoms with van der Waals surface area (Å²) in [7, 11) is 0. The zero-order valence-electron chi connectivity index (χ0n) is 12.2. The van der Waals surface area contributed by atoms with Gasteiger partial charge >= 0.3 is 0 Å². The summed E-state index contributed by atoms with van der Waals surface area (Å²) in [4.78, 5) is 8.33. The van der Waals surface area contributed by atoms with E-state index in [9.17, 15) is 0 Å². The van der Waals surface area contributed by atoms with Gasteiger partial charge in [0.1, 0.15) is 17.7 Å². The Hall–Kier alpha value is -2.73. The molecule has 3 aromatic heterocycles. The maximum absolute atomic E-state index is 5.90. The van der Waals surface area contributed by atoms with E-state index in [0.717, 1.165) is 27.3 Å². The quantitative estimate of drug-likeness (QED) is 0.579. The van der Waals surface area contributed by atoms with Crippen molar-refractivity contribution >= 4 is 22.6 Å². The van der Waals surface area contributed by atoms with Crippen molar-refractivity contribution in [2.75, 3.05) is 0 Å². The molecule has 4 aromatic rings. The standard InChI is InChI=1S/C16H13ClN6/c17-14-3-1-12(2-4-14)8-23-10-15(20-21-23)9-22-6-5-13-7-18-11-19-16(13)22/h1-7,10-11H,8-9H2. The molecule has 23 heavy (non-hydrogen) atoms. The summed E-state index contributed by atoms with van der Waals surface area (Å²) in [6.45, 7) is 1.29. The lowest BCUT2D eigenvalue weighted by Crippen LogP contribution is -2.00. The van der Waals surface area contributed by atoms with Crippen LogP contribution in [0.2, 0.25) is 5.02 Å². The zero-order valence-corrected chi connectivity index (χ0v) is 12.9. The van der Waals surface area contributed by atoms with Crippen LogP contribution < -0.4 is 0 Å². The van der Waals surface area contributed by atoms with Crippen molar-refractivity contribution in [2.24, 2.45) is 0 Å². The van der Waals surface area contributed by atoms with E-state index in [4.69, 9.17) is 11.6 Å². The fourth-order valence-electron chi connectivity index (χ4n) is 2.50. The van der Waals surface area contributed by atoms with Gasteiger partial charge in [0.25, 0.3) is 0 Å². The second kappa shape index (κ2) is 5.81. The number of halogens is 1. The predicted octanol–water partition coefficient (Wildman–Crippen LogP) is 2.77. The molecule has 0 radical (unpaired) electrons. The van der Waals surface area contributed by atoms with E-state index in [0.29, 0.717) is 13.1 Å². The number of hydrogen-bond acceptors (Lipinski definition) is 4. The number of benzene rings is 1. The summed E-state index contributed by atoms with van der Waals surface area (Å²) in [6.07, 6.45) is 7.28. The van der Waals surface area contributed by atoms with Crippen LogP contribution in [-0.4, -0.2) is 29.5 Å². The van der Waals surface area contributed by atoms with Crippen LogP contribution in [0.5, 0.6) is 0 Å². The van der Waals surface area contributed by atoms with Crippen LogP contribution in [0, 0.1) is 0 Å². The molecule has 114 valence electrons. The number of hydrogen-bond donors (Lipinski definition) is 0. The van der Waals surface area contributed by atoms with Crippen LogP contribution in [0.1, 0.15) is 11.3 Å². The zero-order chi connectivity index (χ0) is 15.6. The molecule has 3 heterocycles. The molecular weight excluding hydrogens is 312 g/mol. The highest BCUT2D eigenvalue weighted by molar-refractivity contribution is 6.30. The molecule has 6 nitrogen and oxygen atoms in total. The molecule has 4 rings (SSSR count). The third kappa shape index (κ3) is 2.93. The van der Waals surface area contributed by atoms with Crippen LogP contribution >= 0.6 is 11.6 Å².